The number of benzene rings is 1. The second-order valence-electron chi connectivity index (χ2n) is 7.43. The molecule has 1 aliphatic carbocycles. The predicted molar refractivity (Wildman–Crippen MR) is 102 cm³/mol. The van der Waals surface area contributed by atoms with Crippen LogP contribution in [0.15, 0.2) is 29.3 Å². The zero-order valence-corrected chi connectivity index (χ0v) is 16.2. The summed E-state index contributed by atoms with van der Waals surface area (Å²) in [4.78, 5) is 19.4. The second kappa shape index (κ2) is 6.38. The van der Waals surface area contributed by atoms with Crippen molar-refractivity contribution in [2.24, 2.45) is 22.6 Å². The third-order valence-corrected chi connectivity index (χ3v) is 6.72. The summed E-state index contributed by atoms with van der Waals surface area (Å²) >= 11 is 0.910. The number of thiophene rings is 1. The molecular formula is C20H18F2N4OS. The minimum Gasteiger partial charge on any atom is -0.369 e. The summed E-state index contributed by atoms with van der Waals surface area (Å²) in [5.41, 5.74) is 5.51. The average Bonchev–Trinajstić information content (AvgIpc) is 3.40. The number of hydrogen-bond donors (Lipinski definition) is 1. The number of amides is 1. The van der Waals surface area contributed by atoms with Crippen LogP contribution >= 0.6 is 11.3 Å². The lowest BCUT2D eigenvalue weighted by molar-refractivity contribution is -0.134. The Hall–Kier alpha value is -2.79. The molecule has 0 radical (unpaired) electrons. The van der Waals surface area contributed by atoms with Crippen molar-refractivity contribution in [3.05, 3.63) is 45.7 Å². The lowest BCUT2D eigenvalue weighted by Crippen LogP contribution is -2.54. The van der Waals surface area contributed by atoms with Gasteiger partial charge in [-0.3, -0.25) is 9.69 Å². The summed E-state index contributed by atoms with van der Waals surface area (Å²) < 4.78 is 28.5. The molecule has 1 aromatic heterocycles. The fourth-order valence-corrected chi connectivity index (χ4v) is 4.87. The van der Waals surface area contributed by atoms with Gasteiger partial charge in [-0.05, 0) is 49.4 Å². The van der Waals surface area contributed by atoms with E-state index >= 15 is 0 Å². The largest absolute Gasteiger partial charge is 0.369 e. The molecule has 2 N–H and O–H groups in total. The maximum atomic E-state index is 14.8. The number of halogens is 2. The first-order chi connectivity index (χ1) is 13.3. The average molecular weight is 400 g/mol. The van der Waals surface area contributed by atoms with Crippen molar-refractivity contribution in [1.29, 1.82) is 5.26 Å². The van der Waals surface area contributed by atoms with Crippen molar-refractivity contribution < 1.29 is 13.6 Å². The van der Waals surface area contributed by atoms with Gasteiger partial charge in [0.05, 0.1) is 11.5 Å². The summed E-state index contributed by atoms with van der Waals surface area (Å²) in [5.74, 6) is -0.865. The summed E-state index contributed by atoms with van der Waals surface area (Å²) in [6.45, 7) is 1.81. The van der Waals surface area contributed by atoms with Crippen LogP contribution < -0.4 is 5.73 Å². The standard InChI is InChI=1S/C20H18F2N4OS/c1-20(16(10-3-4-10)18(27)26(2)19(24)25-20)15-8-13(17(22)28-15)11-5-6-14(21)12(7-11)9-23/h5-8,10,16H,3-4H2,1-2H3,(H2,24,25)/t16-,20+/m0/s1. The molecule has 5 nitrogen and oxygen atoms in total. The Balaban J connectivity index is 1.83. The molecule has 2 aromatic rings. The number of nitrogens with zero attached hydrogens (tertiary/aromatic N) is 3. The molecule has 1 amide bonds. The van der Waals surface area contributed by atoms with E-state index < -0.39 is 22.4 Å². The number of carbonyl (C=O) groups is 1. The highest BCUT2D eigenvalue weighted by molar-refractivity contribution is 7.11. The number of aliphatic imine (C=N–C) groups is 1. The molecule has 0 bridgehead atoms. The smallest absolute Gasteiger partial charge is 0.235 e. The van der Waals surface area contributed by atoms with Crippen LogP contribution in [0.4, 0.5) is 8.78 Å². The molecule has 0 unspecified atom stereocenters. The molecule has 1 saturated carbocycles. The first-order valence-corrected chi connectivity index (χ1v) is 9.70. The van der Waals surface area contributed by atoms with Crippen LogP contribution in [0.25, 0.3) is 11.1 Å². The van der Waals surface area contributed by atoms with Gasteiger partial charge in [0.2, 0.25) is 5.91 Å². The zero-order valence-electron chi connectivity index (χ0n) is 15.4. The van der Waals surface area contributed by atoms with Crippen molar-refractivity contribution in [3.8, 4) is 17.2 Å². The quantitative estimate of drug-likeness (QED) is 0.855. The Bertz CT molecular complexity index is 1050. The molecule has 0 saturated heterocycles. The monoisotopic (exact) mass is 400 g/mol. The van der Waals surface area contributed by atoms with Gasteiger partial charge in [0.15, 0.2) is 11.1 Å². The van der Waals surface area contributed by atoms with Crippen molar-refractivity contribution in [1.82, 2.24) is 4.90 Å². The Morgan fingerprint density at radius 2 is 2.07 bits per heavy atom. The summed E-state index contributed by atoms with van der Waals surface area (Å²) in [6, 6.07) is 7.31. The fourth-order valence-electron chi connectivity index (χ4n) is 3.84. The lowest BCUT2D eigenvalue weighted by Gasteiger charge is -2.40. The highest BCUT2D eigenvalue weighted by Gasteiger charge is 2.53. The van der Waals surface area contributed by atoms with Gasteiger partial charge in [0.1, 0.15) is 17.4 Å². The highest BCUT2D eigenvalue weighted by atomic mass is 32.1. The van der Waals surface area contributed by atoms with Gasteiger partial charge in [0.25, 0.3) is 0 Å². The molecule has 4 rings (SSSR count). The van der Waals surface area contributed by atoms with Crippen LogP contribution in [0.3, 0.4) is 0 Å². The van der Waals surface area contributed by atoms with E-state index in [2.05, 4.69) is 4.99 Å². The molecule has 1 aromatic carbocycles. The molecule has 0 spiro atoms. The van der Waals surface area contributed by atoms with Crippen molar-refractivity contribution in [2.75, 3.05) is 7.05 Å². The first kappa shape index (κ1) is 18.6. The molecule has 28 heavy (non-hydrogen) atoms. The Morgan fingerprint density at radius 3 is 2.71 bits per heavy atom. The second-order valence-corrected chi connectivity index (χ2v) is 8.44. The zero-order chi connectivity index (χ0) is 20.2. The predicted octanol–water partition coefficient (Wildman–Crippen LogP) is 3.59. The van der Waals surface area contributed by atoms with Gasteiger partial charge in [-0.1, -0.05) is 6.07 Å². The van der Waals surface area contributed by atoms with E-state index in [0.717, 1.165) is 30.2 Å². The Labute approximate surface area is 165 Å². The summed E-state index contributed by atoms with van der Waals surface area (Å²) in [7, 11) is 1.60. The van der Waals surface area contributed by atoms with E-state index in [9.17, 15) is 13.6 Å². The van der Waals surface area contributed by atoms with E-state index in [1.54, 1.807) is 19.2 Å². The third kappa shape index (κ3) is 2.78. The van der Waals surface area contributed by atoms with E-state index in [1.165, 1.54) is 17.0 Å². The number of carbonyl (C=O) groups excluding carboxylic acids is 1. The number of rotatable bonds is 3. The van der Waals surface area contributed by atoms with Crippen molar-refractivity contribution in [2.45, 2.75) is 25.3 Å². The van der Waals surface area contributed by atoms with E-state index in [1.807, 2.05) is 6.92 Å². The van der Waals surface area contributed by atoms with Gasteiger partial charge in [-0.25, -0.2) is 9.38 Å². The van der Waals surface area contributed by atoms with Crippen LogP contribution in [-0.4, -0.2) is 23.8 Å². The van der Waals surface area contributed by atoms with Crippen LogP contribution in [0.2, 0.25) is 0 Å². The molecular weight excluding hydrogens is 382 g/mol. The van der Waals surface area contributed by atoms with Crippen molar-refractivity contribution >= 4 is 23.2 Å². The maximum Gasteiger partial charge on any atom is 0.235 e. The van der Waals surface area contributed by atoms with Gasteiger partial charge in [-0.2, -0.15) is 9.65 Å². The highest BCUT2D eigenvalue weighted by Crippen LogP contribution is 2.52. The number of nitriles is 1. The fraction of sp³-hybridized carbons (Fsp3) is 0.350. The van der Waals surface area contributed by atoms with E-state index in [4.69, 9.17) is 11.0 Å². The first-order valence-electron chi connectivity index (χ1n) is 8.89. The van der Waals surface area contributed by atoms with Crippen molar-refractivity contribution in [3.63, 3.8) is 0 Å². The molecule has 8 heteroatoms. The van der Waals surface area contributed by atoms with E-state index in [0.29, 0.717) is 10.4 Å². The Kier molecular flexibility index (Phi) is 4.23. The number of guanidine groups is 1. The summed E-state index contributed by atoms with van der Waals surface area (Å²) in [5, 5.41) is 8.57. The molecule has 1 fully saturated rings. The normalized spacial score (nSPS) is 24.8. The number of nitrogens with two attached hydrogens (primary N) is 1. The molecule has 2 heterocycles. The maximum absolute atomic E-state index is 14.8. The molecule has 2 aliphatic rings. The Morgan fingerprint density at radius 1 is 1.36 bits per heavy atom. The minimum atomic E-state index is -0.962. The van der Waals surface area contributed by atoms with E-state index in [-0.39, 0.29) is 28.9 Å². The van der Waals surface area contributed by atoms with Crippen LogP contribution in [0, 0.1) is 34.1 Å². The molecule has 144 valence electrons. The van der Waals surface area contributed by atoms with Crippen LogP contribution in [0.1, 0.15) is 30.2 Å². The SMILES string of the molecule is CN1C(=O)[C@H](C2CC2)[C@@](C)(c2cc(-c3ccc(F)c(C#N)c3)c(F)s2)N=C1N. The van der Waals surface area contributed by atoms with Gasteiger partial charge < -0.3 is 5.73 Å². The third-order valence-electron chi connectivity index (χ3n) is 5.57. The topological polar surface area (TPSA) is 82.5 Å². The molecule has 1 aliphatic heterocycles. The minimum absolute atomic E-state index is 0.105. The lowest BCUT2D eigenvalue weighted by atomic mass is 9.78. The van der Waals surface area contributed by atoms with Gasteiger partial charge >= 0.3 is 0 Å². The molecule has 2 atom stereocenters. The number of hydrogen-bond acceptors (Lipinski definition) is 5. The summed E-state index contributed by atoms with van der Waals surface area (Å²) in [6.07, 6.45) is 1.86. The van der Waals surface area contributed by atoms with Gasteiger partial charge in [-0.15, -0.1) is 11.3 Å². The van der Waals surface area contributed by atoms with Gasteiger partial charge in [0, 0.05) is 17.5 Å². The van der Waals surface area contributed by atoms with Crippen LogP contribution in [-0.2, 0) is 10.3 Å². The van der Waals surface area contributed by atoms with Crippen LogP contribution in [0.5, 0.6) is 0 Å².